The molecule has 2 aromatic rings. The number of fused-ring (bicyclic) bond motifs is 2. The van der Waals surface area contributed by atoms with E-state index in [0.29, 0.717) is 45.0 Å². The highest BCUT2D eigenvalue weighted by molar-refractivity contribution is 5.95. The van der Waals surface area contributed by atoms with Crippen LogP contribution in [0.15, 0.2) is 42.5 Å². The zero-order chi connectivity index (χ0) is 24.5. The molecule has 3 heterocycles. The van der Waals surface area contributed by atoms with Gasteiger partial charge in [0.05, 0.1) is 11.7 Å². The van der Waals surface area contributed by atoms with Crippen LogP contribution in [0.1, 0.15) is 24.8 Å². The summed E-state index contributed by atoms with van der Waals surface area (Å²) in [5.74, 6) is -1.63. The number of rotatable bonds is 5. The van der Waals surface area contributed by atoms with Gasteiger partial charge in [0, 0.05) is 49.9 Å². The Morgan fingerprint density at radius 1 is 1.14 bits per heavy atom. The summed E-state index contributed by atoms with van der Waals surface area (Å²) in [4.78, 5) is 41.7. The minimum Gasteiger partial charge on any atom is -0.353 e. The molecule has 10 heteroatoms. The number of amides is 4. The molecule has 0 aromatic heterocycles. The van der Waals surface area contributed by atoms with Crippen molar-refractivity contribution in [2.75, 3.05) is 29.9 Å². The van der Waals surface area contributed by atoms with Crippen molar-refractivity contribution in [3.63, 3.8) is 0 Å². The van der Waals surface area contributed by atoms with Gasteiger partial charge in [0.15, 0.2) is 0 Å². The number of anilines is 2. The Morgan fingerprint density at radius 3 is 2.80 bits per heavy atom. The van der Waals surface area contributed by atoms with Crippen LogP contribution in [-0.4, -0.2) is 60.5 Å². The second-order valence-corrected chi connectivity index (χ2v) is 9.23. The molecule has 0 aliphatic carbocycles. The van der Waals surface area contributed by atoms with Gasteiger partial charge in [0.1, 0.15) is 11.6 Å². The summed E-state index contributed by atoms with van der Waals surface area (Å²) < 4.78 is 26.9. The second-order valence-electron chi connectivity index (χ2n) is 9.23. The van der Waals surface area contributed by atoms with Crippen molar-refractivity contribution < 1.29 is 23.2 Å². The molecular formula is C25H27F2N5O3. The fourth-order valence-electron chi connectivity index (χ4n) is 5.31. The third-order valence-electron chi connectivity index (χ3n) is 7.02. The molecule has 2 fully saturated rings. The van der Waals surface area contributed by atoms with Crippen molar-refractivity contribution in [2.24, 2.45) is 0 Å². The molecule has 2 saturated heterocycles. The van der Waals surface area contributed by atoms with E-state index in [1.54, 1.807) is 0 Å². The van der Waals surface area contributed by atoms with E-state index in [1.165, 1.54) is 5.56 Å². The highest BCUT2D eigenvalue weighted by Crippen LogP contribution is 2.30. The SMILES string of the molecule is O=C(Nc1ccc(F)cc1F)N[C@H]1C[C@H]2C(=O)NC[C@@H](CCC(=O)N3CCc4ccccc43)N2C1. The van der Waals surface area contributed by atoms with Crippen LogP contribution in [-0.2, 0) is 16.0 Å². The van der Waals surface area contributed by atoms with E-state index in [9.17, 15) is 23.2 Å². The van der Waals surface area contributed by atoms with Crippen LogP contribution in [0, 0.1) is 11.6 Å². The molecule has 2 aromatic carbocycles. The molecule has 35 heavy (non-hydrogen) atoms. The number of hydrogen-bond donors (Lipinski definition) is 3. The molecule has 3 aliphatic heterocycles. The minimum absolute atomic E-state index is 0.0242. The van der Waals surface area contributed by atoms with Gasteiger partial charge in [-0.3, -0.25) is 14.5 Å². The van der Waals surface area contributed by atoms with Crippen molar-refractivity contribution in [3.8, 4) is 0 Å². The van der Waals surface area contributed by atoms with Crippen LogP contribution in [0.2, 0.25) is 0 Å². The van der Waals surface area contributed by atoms with Crippen LogP contribution < -0.4 is 20.9 Å². The standard InChI is InChI=1S/C25H27F2N5O3/c26-16-5-7-20(19(27)11-16)30-25(35)29-17-12-22-24(34)28-13-18(32(22)14-17)6-8-23(33)31-10-9-15-3-1-2-4-21(15)31/h1-5,7,11,17-18,22H,6,8-10,12-14H2,(H,28,34)(H2,29,30,35)/t17-,18+,22-/m0/s1. The molecule has 184 valence electrons. The summed E-state index contributed by atoms with van der Waals surface area (Å²) in [5, 5.41) is 8.09. The lowest BCUT2D eigenvalue weighted by molar-refractivity contribution is -0.129. The predicted molar refractivity (Wildman–Crippen MR) is 126 cm³/mol. The Kier molecular flexibility index (Phi) is 6.38. The minimum atomic E-state index is -0.867. The predicted octanol–water partition coefficient (Wildman–Crippen LogP) is 2.40. The molecular weight excluding hydrogens is 456 g/mol. The normalized spacial score (nSPS) is 23.4. The summed E-state index contributed by atoms with van der Waals surface area (Å²) in [7, 11) is 0. The van der Waals surface area contributed by atoms with Crippen LogP contribution in [0.4, 0.5) is 25.0 Å². The quantitative estimate of drug-likeness (QED) is 0.609. The van der Waals surface area contributed by atoms with E-state index >= 15 is 0 Å². The van der Waals surface area contributed by atoms with Crippen molar-refractivity contribution in [3.05, 3.63) is 59.7 Å². The smallest absolute Gasteiger partial charge is 0.319 e. The number of piperazine rings is 1. The summed E-state index contributed by atoms with van der Waals surface area (Å²) in [5.41, 5.74) is 2.02. The lowest BCUT2D eigenvalue weighted by atomic mass is 10.0. The molecule has 3 aliphatic rings. The monoisotopic (exact) mass is 483 g/mol. The van der Waals surface area contributed by atoms with E-state index in [1.807, 2.05) is 34.1 Å². The largest absolute Gasteiger partial charge is 0.353 e. The summed E-state index contributed by atoms with van der Waals surface area (Å²) in [6, 6.07) is 9.47. The van der Waals surface area contributed by atoms with E-state index in [-0.39, 0.29) is 29.6 Å². The molecule has 0 radical (unpaired) electrons. The first-order valence-electron chi connectivity index (χ1n) is 11.8. The molecule has 8 nitrogen and oxygen atoms in total. The zero-order valence-electron chi connectivity index (χ0n) is 19.1. The number of para-hydroxylation sites is 1. The Bertz CT molecular complexity index is 1160. The Morgan fingerprint density at radius 2 is 1.97 bits per heavy atom. The maximum absolute atomic E-state index is 13.8. The first-order chi connectivity index (χ1) is 16.9. The molecule has 4 amide bonds. The highest BCUT2D eigenvalue weighted by Gasteiger charge is 2.44. The summed E-state index contributed by atoms with van der Waals surface area (Å²) in [6.07, 6.45) is 2.22. The fourth-order valence-corrected chi connectivity index (χ4v) is 5.31. The van der Waals surface area contributed by atoms with Gasteiger partial charge in [-0.2, -0.15) is 0 Å². The number of carbonyl (C=O) groups excluding carboxylic acids is 3. The highest BCUT2D eigenvalue weighted by atomic mass is 19.1. The summed E-state index contributed by atoms with van der Waals surface area (Å²) in [6.45, 7) is 1.57. The third kappa shape index (κ3) is 4.84. The number of halogens is 2. The number of nitrogens with zero attached hydrogens (tertiary/aromatic N) is 2. The average molecular weight is 484 g/mol. The Balaban J connectivity index is 1.17. The van der Waals surface area contributed by atoms with Gasteiger partial charge in [-0.25, -0.2) is 13.6 Å². The number of urea groups is 1. The Labute approximate surface area is 201 Å². The number of benzene rings is 2. The molecule has 0 saturated carbocycles. The van der Waals surface area contributed by atoms with Crippen molar-refractivity contribution >= 4 is 29.2 Å². The third-order valence-corrected chi connectivity index (χ3v) is 7.02. The van der Waals surface area contributed by atoms with Crippen molar-refractivity contribution in [1.82, 2.24) is 15.5 Å². The lowest BCUT2D eigenvalue weighted by Gasteiger charge is -2.37. The molecule has 0 spiro atoms. The van der Waals surface area contributed by atoms with Gasteiger partial charge < -0.3 is 20.9 Å². The van der Waals surface area contributed by atoms with Crippen molar-refractivity contribution in [2.45, 2.75) is 43.8 Å². The van der Waals surface area contributed by atoms with E-state index < -0.39 is 23.7 Å². The summed E-state index contributed by atoms with van der Waals surface area (Å²) >= 11 is 0. The van der Waals surface area contributed by atoms with Crippen LogP contribution in [0.25, 0.3) is 0 Å². The van der Waals surface area contributed by atoms with E-state index in [4.69, 9.17) is 0 Å². The first kappa shape index (κ1) is 23.2. The Hall–Kier alpha value is -3.53. The van der Waals surface area contributed by atoms with Crippen LogP contribution >= 0.6 is 0 Å². The molecule has 3 atom stereocenters. The fraction of sp³-hybridized carbons (Fsp3) is 0.400. The van der Waals surface area contributed by atoms with Gasteiger partial charge in [-0.15, -0.1) is 0 Å². The van der Waals surface area contributed by atoms with Gasteiger partial charge in [0.2, 0.25) is 11.8 Å². The average Bonchev–Trinajstić information content (AvgIpc) is 3.45. The van der Waals surface area contributed by atoms with Crippen molar-refractivity contribution in [1.29, 1.82) is 0 Å². The first-order valence-corrected chi connectivity index (χ1v) is 11.8. The maximum atomic E-state index is 13.8. The van der Waals surface area contributed by atoms with Gasteiger partial charge >= 0.3 is 6.03 Å². The number of nitrogens with one attached hydrogen (secondary N) is 3. The number of carbonyl (C=O) groups is 3. The molecule has 3 N–H and O–H groups in total. The second kappa shape index (κ2) is 9.61. The lowest BCUT2D eigenvalue weighted by Crippen LogP contribution is -2.58. The molecule has 0 bridgehead atoms. The van der Waals surface area contributed by atoms with Crippen LogP contribution in [0.5, 0.6) is 0 Å². The van der Waals surface area contributed by atoms with Crippen LogP contribution in [0.3, 0.4) is 0 Å². The number of hydrogen-bond acceptors (Lipinski definition) is 4. The molecule has 0 unspecified atom stereocenters. The van der Waals surface area contributed by atoms with Gasteiger partial charge in [-0.1, -0.05) is 18.2 Å². The molecule has 5 rings (SSSR count). The maximum Gasteiger partial charge on any atom is 0.319 e. The zero-order valence-corrected chi connectivity index (χ0v) is 19.1. The van der Waals surface area contributed by atoms with Gasteiger partial charge in [-0.05, 0) is 43.0 Å². The topological polar surface area (TPSA) is 93.8 Å². The van der Waals surface area contributed by atoms with E-state index in [0.717, 1.165) is 24.2 Å². The van der Waals surface area contributed by atoms with E-state index in [2.05, 4.69) is 16.0 Å². The van der Waals surface area contributed by atoms with Gasteiger partial charge in [0.25, 0.3) is 0 Å².